The summed E-state index contributed by atoms with van der Waals surface area (Å²) >= 11 is 6.55. The number of nitrogens with one attached hydrogen (secondary N) is 2. The fraction of sp³-hybridized carbons (Fsp3) is 0.500. The predicted molar refractivity (Wildman–Crippen MR) is 124 cm³/mol. The van der Waals surface area contributed by atoms with Crippen molar-refractivity contribution in [3.63, 3.8) is 0 Å². The van der Waals surface area contributed by atoms with E-state index in [9.17, 15) is 4.79 Å². The van der Waals surface area contributed by atoms with E-state index in [1.54, 1.807) is 6.20 Å². The molecule has 0 saturated carbocycles. The number of hydrogen-bond donors (Lipinski definition) is 3. The lowest BCUT2D eigenvalue weighted by atomic mass is 10.2. The van der Waals surface area contributed by atoms with Gasteiger partial charge in [0.05, 0.1) is 11.6 Å². The van der Waals surface area contributed by atoms with Crippen LogP contribution in [0.3, 0.4) is 0 Å². The third-order valence-electron chi connectivity index (χ3n) is 5.49. The van der Waals surface area contributed by atoms with Gasteiger partial charge >= 0.3 is 5.69 Å². The highest BCUT2D eigenvalue weighted by molar-refractivity contribution is 6.33. The maximum absolute atomic E-state index is 12.6. The summed E-state index contributed by atoms with van der Waals surface area (Å²) in [5, 5.41) is 3.74. The van der Waals surface area contributed by atoms with Gasteiger partial charge in [0.2, 0.25) is 5.95 Å². The summed E-state index contributed by atoms with van der Waals surface area (Å²) in [5.74, 6) is 1.42. The summed E-state index contributed by atoms with van der Waals surface area (Å²) in [4.78, 5) is 33.2. The molecule has 0 amide bonds. The van der Waals surface area contributed by atoms with Crippen molar-refractivity contribution in [3.8, 4) is 0 Å². The molecule has 4 N–H and O–H groups in total. The van der Waals surface area contributed by atoms with E-state index in [1.807, 2.05) is 6.07 Å². The highest BCUT2D eigenvalue weighted by Crippen LogP contribution is 2.26. The molecular formula is C20H28ClN9O. The number of aromatic amines is 1. The van der Waals surface area contributed by atoms with Crippen LogP contribution in [0.4, 0.5) is 17.6 Å². The average Bonchev–Trinajstić information content (AvgIpc) is 3.05. The number of hydrogen-bond acceptors (Lipinski definition) is 8. The molecule has 0 spiro atoms. The Morgan fingerprint density at radius 2 is 2.03 bits per heavy atom. The van der Waals surface area contributed by atoms with Crippen LogP contribution in [0, 0.1) is 0 Å². The lowest BCUT2D eigenvalue weighted by molar-refractivity contribution is 0.312. The van der Waals surface area contributed by atoms with E-state index in [2.05, 4.69) is 49.0 Å². The number of piperazine rings is 1. The minimum atomic E-state index is -0.305. The van der Waals surface area contributed by atoms with Crippen LogP contribution in [0.1, 0.15) is 25.3 Å². The second-order valence-corrected chi connectivity index (χ2v) is 8.27. The van der Waals surface area contributed by atoms with Crippen LogP contribution in [-0.2, 0) is 6.54 Å². The Balaban J connectivity index is 1.60. The van der Waals surface area contributed by atoms with E-state index in [-0.39, 0.29) is 18.1 Å². The minimum absolute atomic E-state index is 0.237. The molecule has 0 unspecified atom stereocenters. The number of anilines is 3. The van der Waals surface area contributed by atoms with E-state index in [0.717, 1.165) is 56.9 Å². The van der Waals surface area contributed by atoms with Gasteiger partial charge in [-0.3, -0.25) is 4.57 Å². The summed E-state index contributed by atoms with van der Waals surface area (Å²) in [7, 11) is 2.11. The summed E-state index contributed by atoms with van der Waals surface area (Å²) in [6, 6.07) is 1.86. The molecule has 31 heavy (non-hydrogen) atoms. The molecule has 0 aliphatic carbocycles. The first-order valence-electron chi connectivity index (χ1n) is 10.5. The monoisotopic (exact) mass is 445 g/mol. The first-order valence-corrected chi connectivity index (χ1v) is 10.9. The highest BCUT2D eigenvalue weighted by Gasteiger charge is 2.19. The third kappa shape index (κ3) is 4.59. The molecule has 0 radical (unpaired) electrons. The molecule has 4 rings (SSSR count). The van der Waals surface area contributed by atoms with Gasteiger partial charge in [0.15, 0.2) is 11.5 Å². The van der Waals surface area contributed by atoms with Gasteiger partial charge in [0.25, 0.3) is 0 Å². The van der Waals surface area contributed by atoms with Crippen molar-refractivity contribution in [2.75, 3.05) is 55.7 Å². The van der Waals surface area contributed by atoms with Gasteiger partial charge in [-0.15, -0.1) is 0 Å². The number of imidazole rings is 1. The first-order chi connectivity index (χ1) is 15.0. The molecule has 1 fully saturated rings. The summed E-state index contributed by atoms with van der Waals surface area (Å²) in [6.45, 7) is 6.84. The fourth-order valence-electron chi connectivity index (χ4n) is 3.64. The molecule has 1 aliphatic heterocycles. The molecule has 11 heteroatoms. The zero-order chi connectivity index (χ0) is 22.0. The lowest BCUT2D eigenvalue weighted by Gasteiger charge is -2.33. The van der Waals surface area contributed by atoms with Gasteiger partial charge in [-0.1, -0.05) is 24.9 Å². The number of H-pyrrole nitrogens is 1. The van der Waals surface area contributed by atoms with Gasteiger partial charge in [0.1, 0.15) is 11.3 Å². The number of fused-ring (bicyclic) bond motifs is 1. The van der Waals surface area contributed by atoms with Crippen molar-refractivity contribution in [2.24, 2.45) is 0 Å². The maximum Gasteiger partial charge on any atom is 0.328 e. The van der Waals surface area contributed by atoms with Crippen molar-refractivity contribution in [3.05, 3.63) is 33.3 Å². The Hall–Kier alpha value is -2.85. The molecule has 3 aromatic rings. The van der Waals surface area contributed by atoms with Gasteiger partial charge in [-0.25, -0.2) is 9.78 Å². The lowest BCUT2D eigenvalue weighted by Crippen LogP contribution is -2.44. The quantitative estimate of drug-likeness (QED) is 0.470. The van der Waals surface area contributed by atoms with Crippen LogP contribution in [0.5, 0.6) is 0 Å². The van der Waals surface area contributed by atoms with Crippen molar-refractivity contribution in [1.29, 1.82) is 0 Å². The molecule has 3 aromatic heterocycles. The molecule has 166 valence electrons. The minimum Gasteiger partial charge on any atom is -0.382 e. The van der Waals surface area contributed by atoms with Gasteiger partial charge in [0, 0.05) is 38.9 Å². The first kappa shape index (κ1) is 21.4. The molecule has 0 bridgehead atoms. The standard InChI is InChI=1S/C20H28ClN9O/c1-3-4-5-23-19-26-16(22)15-18(27-19)30(20(31)25-15)12-13-10-14(21)17(24-11-13)29-8-6-28(2)7-9-29/h10-11H,3-9,12H2,1-2H3,(H,25,31)(H3,22,23,26,27). The van der Waals surface area contributed by atoms with Gasteiger partial charge in [-0.05, 0) is 25.1 Å². The van der Waals surface area contributed by atoms with E-state index in [0.29, 0.717) is 22.1 Å². The van der Waals surface area contributed by atoms with E-state index >= 15 is 0 Å². The van der Waals surface area contributed by atoms with Gasteiger partial charge < -0.3 is 25.8 Å². The second kappa shape index (κ2) is 9.11. The number of pyridine rings is 1. The van der Waals surface area contributed by atoms with E-state index in [1.165, 1.54) is 4.57 Å². The average molecular weight is 446 g/mol. The third-order valence-corrected chi connectivity index (χ3v) is 5.76. The highest BCUT2D eigenvalue weighted by atomic mass is 35.5. The largest absolute Gasteiger partial charge is 0.382 e. The number of nitrogens with two attached hydrogens (primary N) is 1. The Kier molecular flexibility index (Phi) is 6.28. The summed E-state index contributed by atoms with van der Waals surface area (Å²) in [5.41, 5.74) is 7.44. The van der Waals surface area contributed by atoms with E-state index in [4.69, 9.17) is 17.3 Å². The number of unbranched alkanes of at least 4 members (excludes halogenated alkanes) is 1. The topological polar surface area (TPSA) is 121 Å². The predicted octanol–water partition coefficient (Wildman–Crippen LogP) is 1.76. The molecule has 4 heterocycles. The Morgan fingerprint density at radius 3 is 2.74 bits per heavy atom. The van der Waals surface area contributed by atoms with Crippen LogP contribution < -0.4 is 21.6 Å². The summed E-state index contributed by atoms with van der Waals surface area (Å²) in [6.07, 6.45) is 3.80. The van der Waals surface area contributed by atoms with Gasteiger partial charge in [-0.2, -0.15) is 9.97 Å². The SMILES string of the molecule is CCCCNc1nc(N)c2[nH]c(=O)n(Cc3cnc(N4CCN(C)CC4)c(Cl)c3)c2n1. The van der Waals surface area contributed by atoms with Crippen LogP contribution in [0.25, 0.3) is 11.2 Å². The number of rotatable bonds is 7. The zero-order valence-electron chi connectivity index (χ0n) is 17.9. The molecular weight excluding hydrogens is 418 g/mol. The number of aromatic nitrogens is 5. The van der Waals surface area contributed by atoms with Crippen LogP contribution >= 0.6 is 11.6 Å². The fourth-order valence-corrected chi connectivity index (χ4v) is 3.95. The van der Waals surface area contributed by atoms with Crippen LogP contribution in [0.2, 0.25) is 5.02 Å². The van der Waals surface area contributed by atoms with E-state index < -0.39 is 0 Å². The molecule has 1 aliphatic rings. The van der Waals surface area contributed by atoms with Crippen LogP contribution in [-0.4, -0.2) is 69.2 Å². The maximum atomic E-state index is 12.6. The van der Waals surface area contributed by atoms with Crippen LogP contribution in [0.15, 0.2) is 17.1 Å². The normalized spacial score (nSPS) is 15.0. The number of nitrogens with zero attached hydrogens (tertiary/aromatic N) is 6. The second-order valence-electron chi connectivity index (χ2n) is 7.87. The van der Waals surface area contributed by atoms with Crippen molar-refractivity contribution < 1.29 is 0 Å². The molecule has 0 aromatic carbocycles. The molecule has 10 nitrogen and oxygen atoms in total. The molecule has 1 saturated heterocycles. The number of likely N-dealkylation sites (N-methyl/N-ethyl adjacent to an activating group) is 1. The Bertz CT molecular complexity index is 1120. The molecule has 0 atom stereocenters. The Labute approximate surface area is 185 Å². The smallest absolute Gasteiger partial charge is 0.328 e. The number of halogens is 1. The zero-order valence-corrected chi connectivity index (χ0v) is 18.6. The summed E-state index contributed by atoms with van der Waals surface area (Å²) < 4.78 is 1.53. The van der Waals surface area contributed by atoms with Crippen molar-refractivity contribution in [2.45, 2.75) is 26.3 Å². The van der Waals surface area contributed by atoms with Crippen molar-refractivity contribution in [1.82, 2.24) is 29.4 Å². The number of nitrogen functional groups attached to an aromatic ring is 1. The Morgan fingerprint density at radius 1 is 1.26 bits per heavy atom. The van der Waals surface area contributed by atoms with Crippen molar-refractivity contribution >= 4 is 40.3 Å².